The summed E-state index contributed by atoms with van der Waals surface area (Å²) in [5, 5.41) is 2.84. The number of rotatable bonds is 3. The number of carbonyl (C=O) groups is 2. The van der Waals surface area contributed by atoms with Crippen LogP contribution in [0.4, 0.5) is 5.69 Å². The first-order valence-corrected chi connectivity index (χ1v) is 8.81. The van der Waals surface area contributed by atoms with Crippen molar-refractivity contribution in [1.29, 1.82) is 0 Å². The molecule has 1 aromatic heterocycles. The highest BCUT2D eigenvalue weighted by Crippen LogP contribution is 2.47. The van der Waals surface area contributed by atoms with E-state index in [-0.39, 0.29) is 11.7 Å². The van der Waals surface area contributed by atoms with Gasteiger partial charge in [0.25, 0.3) is 11.7 Å². The van der Waals surface area contributed by atoms with Crippen molar-refractivity contribution >= 4 is 28.7 Å². The van der Waals surface area contributed by atoms with Gasteiger partial charge in [-0.25, -0.2) is 0 Å². The van der Waals surface area contributed by atoms with Crippen LogP contribution in [-0.2, 0) is 0 Å². The zero-order chi connectivity index (χ0) is 16.7. The summed E-state index contributed by atoms with van der Waals surface area (Å²) in [5.41, 5.74) is 0.648. The van der Waals surface area contributed by atoms with Gasteiger partial charge in [-0.1, -0.05) is 0 Å². The lowest BCUT2D eigenvalue weighted by Crippen LogP contribution is -2.34. The Labute approximate surface area is 143 Å². The molecular weight excluding hydrogens is 326 g/mol. The van der Waals surface area contributed by atoms with E-state index in [0.29, 0.717) is 21.2 Å². The zero-order valence-electron chi connectivity index (χ0n) is 13.3. The second-order valence-corrected chi connectivity index (χ2v) is 7.24. The van der Waals surface area contributed by atoms with Gasteiger partial charge >= 0.3 is 0 Å². The van der Waals surface area contributed by atoms with Crippen molar-refractivity contribution < 1.29 is 19.1 Å². The van der Waals surface area contributed by atoms with Gasteiger partial charge in [0.2, 0.25) is 0 Å². The number of anilines is 1. The number of Topliss-reactive ketones (excluding diaryl/α,β-unsaturated/α-hetero) is 1. The first kappa shape index (κ1) is 15.2. The summed E-state index contributed by atoms with van der Waals surface area (Å²) >= 11 is 1.19. The number of ketones is 1. The van der Waals surface area contributed by atoms with Crippen LogP contribution in [0.25, 0.3) is 0 Å². The molecule has 0 bridgehead atoms. The molecule has 0 saturated heterocycles. The molecule has 1 aliphatic carbocycles. The fraction of sp³-hybridized carbons (Fsp3) is 0.333. The average molecular weight is 343 g/mol. The molecule has 4 rings (SSSR count). The molecule has 1 amide bonds. The van der Waals surface area contributed by atoms with Gasteiger partial charge < -0.3 is 14.8 Å². The smallest absolute Gasteiger partial charge is 0.265 e. The molecule has 1 aromatic carbocycles. The number of nitrogens with one attached hydrogen (secondary N) is 1. The maximum atomic E-state index is 12.3. The van der Waals surface area contributed by atoms with Crippen LogP contribution >= 0.6 is 11.3 Å². The molecule has 24 heavy (non-hydrogen) atoms. The highest BCUT2D eigenvalue weighted by molar-refractivity contribution is 7.16. The average Bonchev–Trinajstić information content (AvgIpc) is 3.26. The van der Waals surface area contributed by atoms with E-state index in [0.717, 1.165) is 31.4 Å². The number of thiophene rings is 1. The Hall–Kier alpha value is -2.34. The van der Waals surface area contributed by atoms with Gasteiger partial charge in [-0.3, -0.25) is 9.59 Å². The third-order valence-electron chi connectivity index (χ3n) is 4.34. The second kappa shape index (κ2) is 5.63. The fourth-order valence-corrected chi connectivity index (χ4v) is 3.93. The molecule has 5 nitrogen and oxygen atoms in total. The van der Waals surface area contributed by atoms with Crippen LogP contribution in [0.15, 0.2) is 30.3 Å². The molecule has 6 heteroatoms. The van der Waals surface area contributed by atoms with Crippen LogP contribution in [0, 0.1) is 0 Å². The van der Waals surface area contributed by atoms with Crippen LogP contribution in [0.5, 0.6) is 11.5 Å². The molecule has 1 saturated carbocycles. The Morgan fingerprint density at radius 2 is 1.75 bits per heavy atom. The molecule has 1 aliphatic heterocycles. The van der Waals surface area contributed by atoms with Crippen molar-refractivity contribution in [3.05, 3.63) is 40.1 Å². The van der Waals surface area contributed by atoms with E-state index in [1.54, 1.807) is 24.3 Å². The standard InChI is InChI=1S/C18H17NO4S/c1-11(20)15-6-7-16(24-15)17(21)19-12-4-5-13-14(10-12)23-18(22-13)8-2-3-9-18/h4-7,10H,2-3,8-9H2,1H3,(H,19,21). The number of benzene rings is 1. The fourth-order valence-electron chi connectivity index (χ4n) is 3.13. The van der Waals surface area contributed by atoms with Crippen LogP contribution in [0.3, 0.4) is 0 Å². The minimum Gasteiger partial charge on any atom is -0.448 e. The van der Waals surface area contributed by atoms with Crippen molar-refractivity contribution in [2.24, 2.45) is 0 Å². The molecule has 1 fully saturated rings. The first-order chi connectivity index (χ1) is 11.5. The third-order valence-corrected chi connectivity index (χ3v) is 5.52. The SMILES string of the molecule is CC(=O)c1ccc(C(=O)Nc2ccc3c(c2)OC2(CCCC2)O3)s1. The molecule has 2 heterocycles. The topological polar surface area (TPSA) is 64.6 Å². The van der Waals surface area contributed by atoms with Crippen molar-refractivity contribution in [1.82, 2.24) is 0 Å². The van der Waals surface area contributed by atoms with Gasteiger partial charge in [0.05, 0.1) is 9.75 Å². The number of hydrogen-bond donors (Lipinski definition) is 1. The van der Waals surface area contributed by atoms with Crippen LogP contribution in [0.2, 0.25) is 0 Å². The van der Waals surface area contributed by atoms with Crippen LogP contribution < -0.4 is 14.8 Å². The van der Waals surface area contributed by atoms with Crippen LogP contribution in [-0.4, -0.2) is 17.5 Å². The Balaban J connectivity index is 1.50. The maximum absolute atomic E-state index is 12.3. The summed E-state index contributed by atoms with van der Waals surface area (Å²) in [5.74, 6) is 0.621. The summed E-state index contributed by atoms with van der Waals surface area (Å²) in [6.07, 6.45) is 4.00. The molecule has 1 spiro atoms. The summed E-state index contributed by atoms with van der Waals surface area (Å²) in [7, 11) is 0. The van der Waals surface area contributed by atoms with Crippen molar-refractivity contribution in [2.75, 3.05) is 5.32 Å². The maximum Gasteiger partial charge on any atom is 0.265 e. The largest absolute Gasteiger partial charge is 0.448 e. The van der Waals surface area contributed by atoms with Crippen molar-refractivity contribution in [3.8, 4) is 11.5 Å². The predicted octanol–water partition coefficient (Wildman–Crippen LogP) is 4.24. The van der Waals surface area contributed by atoms with Gasteiger partial charge in [-0.05, 0) is 44.0 Å². The van der Waals surface area contributed by atoms with E-state index in [1.165, 1.54) is 18.3 Å². The Morgan fingerprint density at radius 3 is 2.46 bits per heavy atom. The number of hydrogen-bond acceptors (Lipinski definition) is 5. The Kier molecular flexibility index (Phi) is 3.57. The van der Waals surface area contributed by atoms with E-state index in [4.69, 9.17) is 9.47 Å². The van der Waals surface area contributed by atoms with Crippen molar-refractivity contribution in [2.45, 2.75) is 38.4 Å². The molecule has 0 radical (unpaired) electrons. The van der Waals surface area contributed by atoms with Gasteiger partial charge in [-0.15, -0.1) is 11.3 Å². The number of carbonyl (C=O) groups excluding carboxylic acids is 2. The molecule has 0 unspecified atom stereocenters. The van der Waals surface area contributed by atoms with E-state index in [2.05, 4.69) is 5.32 Å². The molecular formula is C18H17NO4S. The first-order valence-electron chi connectivity index (χ1n) is 7.99. The number of fused-ring (bicyclic) bond motifs is 1. The van der Waals surface area contributed by atoms with E-state index >= 15 is 0 Å². The highest BCUT2D eigenvalue weighted by atomic mass is 32.1. The lowest BCUT2D eigenvalue weighted by molar-refractivity contribution is -0.0716. The summed E-state index contributed by atoms with van der Waals surface area (Å²) in [4.78, 5) is 24.7. The Morgan fingerprint density at radius 1 is 1.04 bits per heavy atom. The second-order valence-electron chi connectivity index (χ2n) is 6.16. The molecule has 124 valence electrons. The predicted molar refractivity (Wildman–Crippen MR) is 91.2 cm³/mol. The lowest BCUT2D eigenvalue weighted by atomic mass is 10.2. The minimum atomic E-state index is -0.505. The van der Waals surface area contributed by atoms with Gasteiger partial charge in [0.15, 0.2) is 17.3 Å². The summed E-state index contributed by atoms with van der Waals surface area (Å²) in [6.45, 7) is 1.49. The lowest BCUT2D eigenvalue weighted by Gasteiger charge is -2.21. The zero-order valence-corrected chi connectivity index (χ0v) is 14.1. The third kappa shape index (κ3) is 2.67. The molecule has 0 atom stereocenters. The summed E-state index contributed by atoms with van der Waals surface area (Å²) in [6, 6.07) is 8.75. The minimum absolute atomic E-state index is 0.0380. The van der Waals surface area contributed by atoms with E-state index < -0.39 is 5.79 Å². The normalized spacial score (nSPS) is 17.2. The number of amides is 1. The van der Waals surface area contributed by atoms with E-state index in [9.17, 15) is 9.59 Å². The van der Waals surface area contributed by atoms with Crippen LogP contribution in [0.1, 0.15) is 52.0 Å². The Bertz CT molecular complexity index is 820. The monoisotopic (exact) mass is 343 g/mol. The highest BCUT2D eigenvalue weighted by Gasteiger charge is 2.44. The van der Waals surface area contributed by atoms with E-state index in [1.807, 2.05) is 6.07 Å². The van der Waals surface area contributed by atoms with Gasteiger partial charge in [-0.2, -0.15) is 0 Å². The summed E-state index contributed by atoms with van der Waals surface area (Å²) < 4.78 is 12.0. The van der Waals surface area contributed by atoms with Gasteiger partial charge in [0, 0.05) is 24.6 Å². The molecule has 2 aromatic rings. The molecule has 2 aliphatic rings. The van der Waals surface area contributed by atoms with Gasteiger partial charge in [0.1, 0.15) is 0 Å². The van der Waals surface area contributed by atoms with Crippen molar-refractivity contribution in [3.63, 3.8) is 0 Å². The number of ether oxygens (including phenoxy) is 2. The molecule has 1 N–H and O–H groups in total. The quantitative estimate of drug-likeness (QED) is 0.847.